The van der Waals surface area contributed by atoms with Crippen LogP contribution in [-0.4, -0.2) is 31.5 Å². The Kier molecular flexibility index (Phi) is 4.28. The third kappa shape index (κ3) is 2.79. The Morgan fingerprint density at radius 2 is 2.04 bits per heavy atom. The molecule has 4 aromatic rings. The van der Waals surface area contributed by atoms with Crippen LogP contribution in [0.15, 0.2) is 61.1 Å². The molecule has 1 unspecified atom stereocenters. The summed E-state index contributed by atoms with van der Waals surface area (Å²) in [7, 11) is 3.61. The molecule has 0 aliphatic carbocycles. The van der Waals surface area contributed by atoms with E-state index in [1.807, 2.05) is 58.8 Å². The lowest BCUT2D eigenvalue weighted by molar-refractivity contribution is 0.129. The van der Waals surface area contributed by atoms with Crippen molar-refractivity contribution in [2.75, 3.05) is 7.11 Å². The number of nitrogens with zero attached hydrogens (tertiary/aromatic N) is 4. The van der Waals surface area contributed by atoms with E-state index >= 15 is 0 Å². The zero-order valence-corrected chi connectivity index (χ0v) is 14.7. The summed E-state index contributed by atoms with van der Waals surface area (Å²) in [6.45, 7) is 0.0124. The van der Waals surface area contributed by atoms with E-state index in [4.69, 9.17) is 4.74 Å². The van der Waals surface area contributed by atoms with Crippen LogP contribution in [0.1, 0.15) is 22.9 Å². The summed E-state index contributed by atoms with van der Waals surface area (Å²) in [6.07, 6.45) is 3.38. The number of methoxy groups -OCH3 is 1. The summed E-state index contributed by atoms with van der Waals surface area (Å²) in [5, 5.41) is 13.5. The van der Waals surface area contributed by atoms with Crippen LogP contribution in [0.3, 0.4) is 0 Å². The fourth-order valence-corrected chi connectivity index (χ4v) is 3.27. The highest BCUT2D eigenvalue weighted by molar-refractivity contribution is 5.78. The number of aliphatic hydroxyl groups is 1. The number of fused-ring (bicyclic) bond motifs is 1. The first-order valence-corrected chi connectivity index (χ1v) is 8.39. The number of benzene rings is 2. The Morgan fingerprint density at radius 1 is 1.15 bits per heavy atom. The molecule has 0 saturated heterocycles. The van der Waals surface area contributed by atoms with Crippen molar-refractivity contribution in [2.24, 2.45) is 7.05 Å². The molecule has 2 heterocycles. The molecule has 0 amide bonds. The summed E-state index contributed by atoms with van der Waals surface area (Å²) in [6, 6.07) is 16.0. The fraction of sp³-hybridized carbons (Fsp3) is 0.200. The molecular formula is C20H20N4O2. The highest BCUT2D eigenvalue weighted by atomic mass is 16.5. The highest BCUT2D eigenvalue weighted by Crippen LogP contribution is 2.27. The fourth-order valence-electron chi connectivity index (χ4n) is 3.27. The molecule has 6 heteroatoms. The molecule has 0 spiro atoms. The molecule has 0 radical (unpaired) electrons. The summed E-state index contributed by atoms with van der Waals surface area (Å²) in [5.74, 6) is 0. The van der Waals surface area contributed by atoms with Crippen molar-refractivity contribution in [3.8, 4) is 5.69 Å². The molecular weight excluding hydrogens is 328 g/mol. The van der Waals surface area contributed by atoms with Gasteiger partial charge < -0.3 is 9.84 Å². The molecule has 0 fully saturated rings. The normalized spacial score (nSPS) is 12.6. The smallest absolute Gasteiger partial charge is 0.124 e. The van der Waals surface area contributed by atoms with Gasteiger partial charge in [-0.15, -0.1) is 0 Å². The van der Waals surface area contributed by atoms with Crippen molar-refractivity contribution < 1.29 is 9.84 Å². The van der Waals surface area contributed by atoms with Crippen LogP contribution in [0.25, 0.3) is 16.7 Å². The van der Waals surface area contributed by atoms with Gasteiger partial charge in [0, 0.05) is 26.0 Å². The summed E-state index contributed by atoms with van der Waals surface area (Å²) < 4.78 is 9.60. The lowest BCUT2D eigenvalue weighted by atomic mass is 10.1. The minimum atomic E-state index is -0.196. The number of imidazole rings is 1. The van der Waals surface area contributed by atoms with E-state index < -0.39 is 0 Å². The maximum atomic E-state index is 9.30. The van der Waals surface area contributed by atoms with Gasteiger partial charge >= 0.3 is 0 Å². The molecule has 0 aliphatic heterocycles. The zero-order chi connectivity index (χ0) is 18.1. The van der Waals surface area contributed by atoms with E-state index in [2.05, 4.69) is 16.1 Å². The Morgan fingerprint density at radius 3 is 2.77 bits per heavy atom. The predicted molar refractivity (Wildman–Crippen MR) is 99.1 cm³/mol. The van der Waals surface area contributed by atoms with E-state index in [0.717, 1.165) is 33.5 Å². The first-order valence-electron chi connectivity index (χ1n) is 8.39. The van der Waals surface area contributed by atoms with Crippen molar-refractivity contribution in [1.29, 1.82) is 0 Å². The topological polar surface area (TPSA) is 65.1 Å². The van der Waals surface area contributed by atoms with Crippen molar-refractivity contribution in [1.82, 2.24) is 19.3 Å². The van der Waals surface area contributed by atoms with Crippen molar-refractivity contribution >= 4 is 11.0 Å². The predicted octanol–water partition coefficient (Wildman–Crippen LogP) is 2.99. The molecule has 1 N–H and O–H groups in total. The van der Waals surface area contributed by atoms with Gasteiger partial charge in [0.15, 0.2) is 0 Å². The molecule has 2 aromatic carbocycles. The van der Waals surface area contributed by atoms with Crippen LogP contribution >= 0.6 is 0 Å². The van der Waals surface area contributed by atoms with Gasteiger partial charge in [-0.2, -0.15) is 5.10 Å². The summed E-state index contributed by atoms with van der Waals surface area (Å²) in [4.78, 5) is 4.47. The highest BCUT2D eigenvalue weighted by Gasteiger charge is 2.17. The van der Waals surface area contributed by atoms with E-state index in [0.29, 0.717) is 0 Å². The number of aromatic nitrogens is 4. The van der Waals surface area contributed by atoms with Crippen LogP contribution in [-0.2, 0) is 18.4 Å². The molecule has 0 saturated carbocycles. The third-order valence-corrected chi connectivity index (χ3v) is 4.61. The minimum absolute atomic E-state index is 0.0124. The number of hydrogen-bond donors (Lipinski definition) is 1. The molecule has 2 aromatic heterocycles. The van der Waals surface area contributed by atoms with Crippen LogP contribution in [0.2, 0.25) is 0 Å². The average molecular weight is 348 g/mol. The lowest BCUT2D eigenvalue weighted by Gasteiger charge is -2.17. The monoisotopic (exact) mass is 348 g/mol. The molecule has 6 nitrogen and oxygen atoms in total. The van der Waals surface area contributed by atoms with Gasteiger partial charge in [0.25, 0.3) is 0 Å². The van der Waals surface area contributed by atoms with E-state index in [9.17, 15) is 5.11 Å². The second-order valence-corrected chi connectivity index (χ2v) is 6.19. The average Bonchev–Trinajstić information content (AvgIpc) is 3.28. The van der Waals surface area contributed by atoms with Gasteiger partial charge in [-0.25, -0.2) is 4.98 Å². The Balaban J connectivity index is 1.77. The Hall–Kier alpha value is -2.96. The Labute approximate surface area is 151 Å². The molecule has 0 aliphatic rings. The minimum Gasteiger partial charge on any atom is -0.392 e. The summed E-state index contributed by atoms with van der Waals surface area (Å²) >= 11 is 0. The van der Waals surface area contributed by atoms with Crippen molar-refractivity contribution in [2.45, 2.75) is 12.7 Å². The van der Waals surface area contributed by atoms with Gasteiger partial charge in [0.1, 0.15) is 12.4 Å². The van der Waals surface area contributed by atoms with Crippen LogP contribution in [0.4, 0.5) is 0 Å². The molecule has 4 rings (SSSR count). The van der Waals surface area contributed by atoms with Crippen molar-refractivity contribution in [3.05, 3.63) is 77.9 Å². The lowest BCUT2D eigenvalue weighted by Crippen LogP contribution is -2.09. The van der Waals surface area contributed by atoms with Gasteiger partial charge in [0.05, 0.1) is 23.3 Å². The second kappa shape index (κ2) is 6.74. The molecule has 132 valence electrons. The molecule has 0 bridgehead atoms. The second-order valence-electron chi connectivity index (χ2n) is 6.19. The SMILES string of the molecule is COC(c1cccc(-n2cnc3cc(CO)ccc32)c1)c1ccnn1C. The van der Waals surface area contributed by atoms with E-state index in [1.54, 1.807) is 19.6 Å². The number of aliphatic hydroxyl groups excluding tert-OH is 1. The third-order valence-electron chi connectivity index (χ3n) is 4.61. The number of hydrogen-bond acceptors (Lipinski definition) is 4. The molecule has 26 heavy (non-hydrogen) atoms. The van der Waals surface area contributed by atoms with Crippen LogP contribution in [0.5, 0.6) is 0 Å². The van der Waals surface area contributed by atoms with E-state index in [-0.39, 0.29) is 12.7 Å². The van der Waals surface area contributed by atoms with Crippen molar-refractivity contribution in [3.63, 3.8) is 0 Å². The maximum absolute atomic E-state index is 9.30. The van der Waals surface area contributed by atoms with Gasteiger partial charge in [0.2, 0.25) is 0 Å². The number of aryl methyl sites for hydroxylation is 1. The van der Waals surface area contributed by atoms with Crippen LogP contribution < -0.4 is 0 Å². The number of rotatable bonds is 5. The van der Waals surface area contributed by atoms with Gasteiger partial charge in [-0.3, -0.25) is 9.25 Å². The summed E-state index contributed by atoms with van der Waals surface area (Å²) in [5.41, 5.74) is 5.75. The zero-order valence-electron chi connectivity index (χ0n) is 14.7. The standard InChI is InChI=1S/C20H20N4O2/c1-23-19(8-9-22-23)20(26-2)15-4-3-5-16(11-15)24-13-21-17-10-14(12-25)6-7-18(17)24/h3-11,13,20,25H,12H2,1-2H3. The molecule has 1 atom stereocenters. The quantitative estimate of drug-likeness (QED) is 0.602. The van der Waals surface area contributed by atoms with Gasteiger partial charge in [-0.1, -0.05) is 18.2 Å². The Bertz CT molecular complexity index is 1050. The maximum Gasteiger partial charge on any atom is 0.124 e. The van der Waals surface area contributed by atoms with Crippen LogP contribution in [0, 0.1) is 0 Å². The first-order chi connectivity index (χ1) is 12.7. The number of ether oxygens (including phenoxy) is 1. The van der Waals surface area contributed by atoms with E-state index in [1.165, 1.54) is 0 Å². The largest absolute Gasteiger partial charge is 0.392 e. The first kappa shape index (κ1) is 16.5. The van der Waals surface area contributed by atoms with Gasteiger partial charge in [-0.05, 0) is 41.5 Å².